The summed E-state index contributed by atoms with van der Waals surface area (Å²) in [5.74, 6) is -1.66. The van der Waals surface area contributed by atoms with Gasteiger partial charge in [-0.25, -0.2) is 12.8 Å². The third kappa shape index (κ3) is 6.52. The molecule has 0 aliphatic heterocycles. The summed E-state index contributed by atoms with van der Waals surface area (Å²) in [4.78, 5) is 27.7. The van der Waals surface area contributed by atoms with Crippen LogP contribution in [-0.2, 0) is 26.2 Å². The van der Waals surface area contributed by atoms with Crippen molar-refractivity contribution in [2.24, 2.45) is 0 Å². The SMILES string of the molecule is CCNC(=O)C(C)N(Cc1ccccc1F)C(=O)CN(c1cccc(Cl)c1C)S(=O)(=O)c1ccc(C)cc1. The Balaban J connectivity index is 2.09. The summed E-state index contributed by atoms with van der Waals surface area (Å²) in [5, 5.41) is 3.00. The lowest BCUT2D eigenvalue weighted by molar-refractivity contribution is -0.139. The molecule has 0 bridgehead atoms. The van der Waals surface area contributed by atoms with E-state index in [1.807, 2.05) is 6.92 Å². The van der Waals surface area contributed by atoms with E-state index in [0.717, 1.165) is 9.87 Å². The minimum Gasteiger partial charge on any atom is -0.355 e. The largest absolute Gasteiger partial charge is 0.355 e. The first-order chi connectivity index (χ1) is 18.0. The van der Waals surface area contributed by atoms with Gasteiger partial charge >= 0.3 is 0 Å². The third-order valence-electron chi connectivity index (χ3n) is 6.21. The van der Waals surface area contributed by atoms with Crippen LogP contribution in [0.15, 0.2) is 71.6 Å². The highest BCUT2D eigenvalue weighted by Gasteiger charge is 2.33. The fourth-order valence-electron chi connectivity index (χ4n) is 3.93. The van der Waals surface area contributed by atoms with Gasteiger partial charge in [0.2, 0.25) is 11.8 Å². The normalized spacial score (nSPS) is 12.1. The Morgan fingerprint density at radius 1 is 1.00 bits per heavy atom. The number of carbonyl (C=O) groups excluding carboxylic acids is 2. The molecule has 1 N–H and O–H groups in total. The van der Waals surface area contributed by atoms with Gasteiger partial charge in [-0.3, -0.25) is 13.9 Å². The number of benzene rings is 3. The molecule has 0 saturated heterocycles. The second-order valence-corrected chi connectivity index (χ2v) is 11.2. The van der Waals surface area contributed by atoms with E-state index in [4.69, 9.17) is 11.6 Å². The Bertz CT molecular complexity index is 1410. The van der Waals surface area contributed by atoms with Crippen molar-refractivity contribution in [3.8, 4) is 0 Å². The fourth-order valence-corrected chi connectivity index (χ4v) is 5.57. The summed E-state index contributed by atoms with van der Waals surface area (Å²) in [6.45, 7) is 6.24. The summed E-state index contributed by atoms with van der Waals surface area (Å²) in [6.07, 6.45) is 0. The molecule has 0 spiro atoms. The molecular weight excluding hydrogens is 529 g/mol. The number of aryl methyl sites for hydroxylation is 1. The number of hydrogen-bond donors (Lipinski definition) is 1. The van der Waals surface area contributed by atoms with Crippen LogP contribution in [0.25, 0.3) is 0 Å². The van der Waals surface area contributed by atoms with Crippen molar-refractivity contribution in [2.75, 3.05) is 17.4 Å². The van der Waals surface area contributed by atoms with Crippen molar-refractivity contribution in [2.45, 2.75) is 45.2 Å². The Kier molecular flexibility index (Phi) is 9.51. The maximum absolute atomic E-state index is 14.5. The molecule has 202 valence electrons. The molecule has 0 radical (unpaired) electrons. The average Bonchev–Trinajstić information content (AvgIpc) is 2.88. The molecular formula is C28H31ClFN3O4S. The number of carbonyl (C=O) groups is 2. The van der Waals surface area contributed by atoms with E-state index in [0.29, 0.717) is 17.1 Å². The van der Waals surface area contributed by atoms with Gasteiger partial charge in [-0.05, 0) is 63.6 Å². The average molecular weight is 560 g/mol. The topological polar surface area (TPSA) is 86.8 Å². The van der Waals surface area contributed by atoms with Crippen molar-refractivity contribution in [3.63, 3.8) is 0 Å². The van der Waals surface area contributed by atoms with E-state index in [-0.39, 0.29) is 22.7 Å². The number of rotatable bonds is 10. The number of nitrogens with one attached hydrogen (secondary N) is 1. The highest BCUT2D eigenvalue weighted by molar-refractivity contribution is 7.92. The predicted molar refractivity (Wildman–Crippen MR) is 147 cm³/mol. The lowest BCUT2D eigenvalue weighted by Crippen LogP contribution is -2.51. The maximum atomic E-state index is 14.5. The highest BCUT2D eigenvalue weighted by atomic mass is 35.5. The number of nitrogens with zero attached hydrogens (tertiary/aromatic N) is 2. The molecule has 2 amide bonds. The molecule has 0 aliphatic rings. The van der Waals surface area contributed by atoms with E-state index >= 15 is 0 Å². The van der Waals surface area contributed by atoms with Crippen LogP contribution in [0.3, 0.4) is 0 Å². The lowest BCUT2D eigenvalue weighted by atomic mass is 10.1. The van der Waals surface area contributed by atoms with Gasteiger partial charge in [-0.2, -0.15) is 0 Å². The highest BCUT2D eigenvalue weighted by Crippen LogP contribution is 2.31. The van der Waals surface area contributed by atoms with Gasteiger partial charge < -0.3 is 10.2 Å². The monoisotopic (exact) mass is 559 g/mol. The number of sulfonamides is 1. The summed E-state index contributed by atoms with van der Waals surface area (Å²) < 4.78 is 43.2. The lowest BCUT2D eigenvalue weighted by Gasteiger charge is -2.32. The molecule has 3 rings (SSSR count). The second-order valence-electron chi connectivity index (χ2n) is 8.89. The molecule has 7 nitrogen and oxygen atoms in total. The van der Waals surface area contributed by atoms with E-state index in [1.165, 1.54) is 42.2 Å². The Labute approximate surface area is 228 Å². The molecule has 0 heterocycles. The zero-order chi connectivity index (χ0) is 28.0. The van der Waals surface area contributed by atoms with Crippen molar-refractivity contribution < 1.29 is 22.4 Å². The number of hydrogen-bond acceptors (Lipinski definition) is 4. The van der Waals surface area contributed by atoms with Crippen LogP contribution in [-0.4, -0.2) is 44.3 Å². The van der Waals surface area contributed by atoms with Crippen molar-refractivity contribution in [1.29, 1.82) is 0 Å². The van der Waals surface area contributed by atoms with Crippen molar-refractivity contribution in [3.05, 3.63) is 94.3 Å². The Morgan fingerprint density at radius 2 is 1.66 bits per heavy atom. The van der Waals surface area contributed by atoms with Gasteiger partial charge in [0.15, 0.2) is 0 Å². The predicted octanol–water partition coefficient (Wildman–Crippen LogP) is 4.84. The molecule has 3 aromatic rings. The minimum atomic E-state index is -4.22. The van der Waals surface area contributed by atoms with Gasteiger partial charge in [-0.15, -0.1) is 0 Å². The number of halogens is 2. The van der Waals surface area contributed by atoms with E-state index in [9.17, 15) is 22.4 Å². The van der Waals surface area contributed by atoms with Gasteiger partial charge in [0, 0.05) is 23.7 Å². The van der Waals surface area contributed by atoms with Crippen LogP contribution in [0.1, 0.15) is 30.5 Å². The van der Waals surface area contributed by atoms with Crippen LogP contribution in [0.4, 0.5) is 10.1 Å². The van der Waals surface area contributed by atoms with Gasteiger partial charge in [0.25, 0.3) is 10.0 Å². The van der Waals surface area contributed by atoms with Gasteiger partial charge in [0.1, 0.15) is 18.4 Å². The summed E-state index contributed by atoms with van der Waals surface area (Å²) in [5.41, 5.74) is 1.76. The van der Waals surface area contributed by atoms with E-state index in [2.05, 4.69) is 5.32 Å². The molecule has 0 aromatic heterocycles. The smallest absolute Gasteiger partial charge is 0.264 e. The first kappa shape index (κ1) is 29.1. The molecule has 0 saturated carbocycles. The Hall–Kier alpha value is -3.43. The summed E-state index contributed by atoms with van der Waals surface area (Å²) >= 11 is 6.31. The number of amides is 2. The van der Waals surface area contributed by atoms with Crippen LogP contribution >= 0.6 is 11.6 Å². The number of anilines is 1. The van der Waals surface area contributed by atoms with Crippen LogP contribution in [0.5, 0.6) is 0 Å². The van der Waals surface area contributed by atoms with Crippen molar-refractivity contribution in [1.82, 2.24) is 10.2 Å². The van der Waals surface area contributed by atoms with E-state index in [1.54, 1.807) is 50.2 Å². The maximum Gasteiger partial charge on any atom is 0.264 e. The summed E-state index contributed by atoms with van der Waals surface area (Å²) in [6, 6.07) is 16.0. The van der Waals surface area contributed by atoms with Crippen molar-refractivity contribution >= 4 is 39.1 Å². The molecule has 0 fully saturated rings. The van der Waals surface area contributed by atoms with Gasteiger partial charge in [-0.1, -0.05) is 53.6 Å². The summed E-state index contributed by atoms with van der Waals surface area (Å²) in [7, 11) is -4.22. The van der Waals surface area contributed by atoms with E-state index < -0.39 is 40.2 Å². The fraction of sp³-hybridized carbons (Fsp3) is 0.286. The molecule has 38 heavy (non-hydrogen) atoms. The zero-order valence-electron chi connectivity index (χ0n) is 21.7. The van der Waals surface area contributed by atoms with Gasteiger partial charge in [0.05, 0.1) is 10.6 Å². The molecule has 3 aromatic carbocycles. The minimum absolute atomic E-state index is 0.00676. The quantitative estimate of drug-likeness (QED) is 0.385. The van der Waals surface area contributed by atoms with Crippen LogP contribution in [0.2, 0.25) is 5.02 Å². The molecule has 10 heteroatoms. The second kappa shape index (κ2) is 12.4. The Morgan fingerprint density at radius 3 is 2.29 bits per heavy atom. The standard InChI is InChI=1S/C28H31ClFN3O4S/c1-5-31-28(35)21(4)32(17-22-9-6-7-11-25(22)30)27(34)18-33(26-12-8-10-24(29)20(26)3)38(36,37)23-15-13-19(2)14-16-23/h6-16,21H,5,17-18H2,1-4H3,(H,31,35). The first-order valence-corrected chi connectivity index (χ1v) is 13.9. The molecule has 1 unspecified atom stereocenters. The molecule has 0 aliphatic carbocycles. The number of likely N-dealkylation sites (N-methyl/N-ethyl adjacent to an activating group) is 1. The van der Waals surface area contributed by atoms with Crippen LogP contribution in [0, 0.1) is 19.7 Å². The zero-order valence-corrected chi connectivity index (χ0v) is 23.3. The third-order valence-corrected chi connectivity index (χ3v) is 8.40. The first-order valence-electron chi connectivity index (χ1n) is 12.1. The molecule has 1 atom stereocenters. The van der Waals surface area contributed by atoms with Crippen LogP contribution < -0.4 is 9.62 Å².